The van der Waals surface area contributed by atoms with Gasteiger partial charge in [-0.1, -0.05) is 20.8 Å². The highest BCUT2D eigenvalue weighted by atomic mass is 32.1. The first-order chi connectivity index (χ1) is 10.6. The zero-order chi connectivity index (χ0) is 17.3. The minimum Gasteiger partial charge on any atom is -0.462 e. The van der Waals surface area contributed by atoms with E-state index in [1.54, 1.807) is 12.3 Å². The number of hydrogen-bond acceptors (Lipinski definition) is 6. The van der Waals surface area contributed by atoms with Crippen molar-refractivity contribution in [2.24, 2.45) is 5.41 Å². The summed E-state index contributed by atoms with van der Waals surface area (Å²) in [6, 6.07) is 0. The Morgan fingerprint density at radius 3 is 2.57 bits per heavy atom. The van der Waals surface area contributed by atoms with Crippen LogP contribution in [0.2, 0.25) is 0 Å². The van der Waals surface area contributed by atoms with E-state index in [-0.39, 0.29) is 16.9 Å². The third-order valence-electron chi connectivity index (χ3n) is 3.29. The first kappa shape index (κ1) is 17.7. The highest BCUT2D eigenvalue weighted by Crippen LogP contribution is 2.34. The molecule has 0 radical (unpaired) electrons. The molecule has 0 aliphatic heterocycles. The van der Waals surface area contributed by atoms with Gasteiger partial charge in [0.25, 0.3) is 0 Å². The molecule has 0 aliphatic rings. The molecule has 0 amide bonds. The second-order valence-corrected chi connectivity index (χ2v) is 8.38. The number of thiophene rings is 1. The van der Waals surface area contributed by atoms with Crippen LogP contribution in [-0.2, 0) is 4.74 Å². The highest BCUT2D eigenvalue weighted by Gasteiger charge is 2.27. The fraction of sp³-hybridized carbons (Fsp3) is 0.588. The van der Waals surface area contributed by atoms with E-state index in [9.17, 15) is 4.79 Å². The molecular formula is C17H25N3O2S. The van der Waals surface area contributed by atoms with E-state index in [1.807, 2.05) is 0 Å². The topological polar surface area (TPSA) is 64.1 Å². The molecular weight excluding hydrogens is 310 g/mol. The lowest BCUT2D eigenvalue weighted by atomic mass is 9.82. The number of ether oxygens (including phenoxy) is 1. The predicted octanol–water partition coefficient (Wildman–Crippen LogP) is 4.49. The van der Waals surface area contributed by atoms with Crippen LogP contribution < -0.4 is 5.32 Å². The van der Waals surface area contributed by atoms with Crippen LogP contribution in [0, 0.1) is 5.41 Å². The van der Waals surface area contributed by atoms with Gasteiger partial charge in [0, 0.05) is 10.9 Å². The van der Waals surface area contributed by atoms with E-state index in [0.29, 0.717) is 18.0 Å². The Bertz CT molecular complexity index is 701. The van der Waals surface area contributed by atoms with E-state index in [0.717, 1.165) is 16.6 Å². The quantitative estimate of drug-likeness (QED) is 0.815. The van der Waals surface area contributed by atoms with Crippen LogP contribution >= 0.6 is 11.3 Å². The maximum atomic E-state index is 12.2. The largest absolute Gasteiger partial charge is 0.462 e. The molecule has 0 aromatic carbocycles. The van der Waals surface area contributed by atoms with Crippen molar-refractivity contribution in [1.29, 1.82) is 0 Å². The van der Waals surface area contributed by atoms with Gasteiger partial charge in [0.05, 0.1) is 17.6 Å². The fourth-order valence-electron chi connectivity index (χ4n) is 3.02. The lowest BCUT2D eigenvalue weighted by Gasteiger charge is -2.34. The van der Waals surface area contributed by atoms with Crippen LogP contribution in [0.4, 0.5) is 5.82 Å². The summed E-state index contributed by atoms with van der Waals surface area (Å²) < 4.78 is 5.14. The molecule has 5 nitrogen and oxygen atoms in total. The van der Waals surface area contributed by atoms with Gasteiger partial charge in [0.2, 0.25) is 0 Å². The molecule has 23 heavy (non-hydrogen) atoms. The average molecular weight is 335 g/mol. The van der Waals surface area contributed by atoms with E-state index < -0.39 is 0 Å². The SMILES string of the molecule is CCOC(=O)c1csc2ncnc(NC(C)(C)CC(C)(C)C)c12. The smallest absolute Gasteiger partial charge is 0.339 e. The maximum Gasteiger partial charge on any atom is 0.339 e. The van der Waals surface area contributed by atoms with Crippen molar-refractivity contribution in [1.82, 2.24) is 9.97 Å². The van der Waals surface area contributed by atoms with Gasteiger partial charge in [-0.15, -0.1) is 11.3 Å². The zero-order valence-electron chi connectivity index (χ0n) is 14.7. The molecule has 2 aromatic rings. The zero-order valence-corrected chi connectivity index (χ0v) is 15.5. The molecule has 0 atom stereocenters. The number of carbonyl (C=O) groups is 1. The molecule has 2 aromatic heterocycles. The van der Waals surface area contributed by atoms with Crippen molar-refractivity contribution in [3.8, 4) is 0 Å². The Labute approximate surface area is 141 Å². The van der Waals surface area contributed by atoms with Crippen LogP contribution in [0.3, 0.4) is 0 Å². The summed E-state index contributed by atoms with van der Waals surface area (Å²) in [5.74, 6) is 0.360. The number of fused-ring (bicyclic) bond motifs is 1. The van der Waals surface area contributed by atoms with Gasteiger partial charge >= 0.3 is 5.97 Å². The Balaban J connectivity index is 2.41. The Hall–Kier alpha value is -1.69. The standard InChI is InChI=1S/C17H25N3O2S/c1-7-22-15(21)11-8-23-14-12(11)13(18-10-19-14)20-17(5,6)9-16(2,3)4/h8,10H,7,9H2,1-6H3,(H,18,19,20). The molecule has 0 aliphatic carbocycles. The number of rotatable bonds is 5. The molecule has 2 heterocycles. The fourth-order valence-corrected chi connectivity index (χ4v) is 3.90. The van der Waals surface area contributed by atoms with Crippen LogP contribution in [0.1, 0.15) is 58.3 Å². The highest BCUT2D eigenvalue weighted by molar-refractivity contribution is 7.17. The Kier molecular flexibility index (Phi) is 4.94. The monoisotopic (exact) mass is 335 g/mol. The number of nitrogens with one attached hydrogen (secondary N) is 1. The van der Waals surface area contributed by atoms with Crippen LogP contribution in [0.15, 0.2) is 11.7 Å². The van der Waals surface area contributed by atoms with Crippen LogP contribution in [0.25, 0.3) is 10.2 Å². The van der Waals surface area contributed by atoms with Crippen LogP contribution in [0.5, 0.6) is 0 Å². The molecule has 0 fully saturated rings. The van der Waals surface area contributed by atoms with Gasteiger partial charge in [0.15, 0.2) is 0 Å². The number of aromatic nitrogens is 2. The van der Waals surface area contributed by atoms with Gasteiger partial charge in [-0.3, -0.25) is 0 Å². The Morgan fingerprint density at radius 2 is 1.96 bits per heavy atom. The lowest BCUT2D eigenvalue weighted by Crippen LogP contribution is -2.35. The van der Waals surface area contributed by atoms with Gasteiger partial charge in [0.1, 0.15) is 17.0 Å². The second-order valence-electron chi connectivity index (χ2n) is 7.52. The molecule has 0 saturated carbocycles. The molecule has 0 saturated heterocycles. The van der Waals surface area contributed by atoms with Gasteiger partial charge < -0.3 is 10.1 Å². The first-order valence-electron chi connectivity index (χ1n) is 7.80. The van der Waals surface area contributed by atoms with Crippen LogP contribution in [-0.4, -0.2) is 28.1 Å². The number of esters is 1. The molecule has 126 valence electrons. The molecule has 1 N–H and O–H groups in total. The number of hydrogen-bond donors (Lipinski definition) is 1. The second kappa shape index (κ2) is 6.43. The summed E-state index contributed by atoms with van der Waals surface area (Å²) in [6.45, 7) is 13.1. The molecule has 0 unspecified atom stereocenters. The minimum absolute atomic E-state index is 0.159. The van der Waals surface area contributed by atoms with Crippen molar-refractivity contribution in [3.63, 3.8) is 0 Å². The molecule has 6 heteroatoms. The molecule has 0 spiro atoms. The molecule has 0 bridgehead atoms. The first-order valence-corrected chi connectivity index (χ1v) is 8.68. The number of anilines is 1. The van der Waals surface area contributed by atoms with E-state index in [4.69, 9.17) is 4.74 Å². The molecule has 2 rings (SSSR count). The van der Waals surface area contributed by atoms with E-state index in [2.05, 4.69) is 49.9 Å². The van der Waals surface area contributed by atoms with Crippen molar-refractivity contribution >= 4 is 33.3 Å². The van der Waals surface area contributed by atoms with Crippen molar-refractivity contribution in [2.75, 3.05) is 11.9 Å². The summed E-state index contributed by atoms with van der Waals surface area (Å²) in [6.07, 6.45) is 2.49. The van der Waals surface area contributed by atoms with E-state index >= 15 is 0 Å². The third-order valence-corrected chi connectivity index (χ3v) is 4.18. The number of carbonyl (C=O) groups excluding carboxylic acids is 1. The summed E-state index contributed by atoms with van der Waals surface area (Å²) in [7, 11) is 0. The third kappa shape index (κ3) is 4.41. The summed E-state index contributed by atoms with van der Waals surface area (Å²) >= 11 is 1.43. The van der Waals surface area contributed by atoms with Gasteiger partial charge in [-0.25, -0.2) is 14.8 Å². The maximum absolute atomic E-state index is 12.2. The van der Waals surface area contributed by atoms with Crippen molar-refractivity contribution in [2.45, 2.75) is 53.5 Å². The Morgan fingerprint density at radius 1 is 1.26 bits per heavy atom. The minimum atomic E-state index is -0.328. The summed E-state index contributed by atoms with van der Waals surface area (Å²) in [5, 5.41) is 6.03. The number of nitrogens with zero attached hydrogens (tertiary/aromatic N) is 2. The van der Waals surface area contributed by atoms with E-state index in [1.165, 1.54) is 17.7 Å². The average Bonchev–Trinajstić information content (AvgIpc) is 2.80. The lowest BCUT2D eigenvalue weighted by molar-refractivity contribution is 0.0529. The van der Waals surface area contributed by atoms with Gasteiger partial charge in [-0.2, -0.15) is 0 Å². The summed E-state index contributed by atoms with van der Waals surface area (Å²) in [5.41, 5.74) is 0.552. The van der Waals surface area contributed by atoms with Gasteiger partial charge in [-0.05, 0) is 32.6 Å². The van der Waals surface area contributed by atoms with Crippen molar-refractivity contribution < 1.29 is 9.53 Å². The summed E-state index contributed by atoms with van der Waals surface area (Å²) in [4.78, 5) is 21.6. The van der Waals surface area contributed by atoms with Crippen molar-refractivity contribution in [3.05, 3.63) is 17.3 Å². The normalized spacial score (nSPS) is 12.4. The predicted molar refractivity (Wildman–Crippen MR) is 95.1 cm³/mol.